The monoisotopic (exact) mass is 664 g/mol. The van der Waals surface area contributed by atoms with Crippen LogP contribution in [-0.2, 0) is 25.4 Å². The molecule has 1 saturated heterocycles. The average molecular weight is 665 g/mol. The van der Waals surface area contributed by atoms with Gasteiger partial charge in [-0.1, -0.05) is 52.7 Å². The second kappa shape index (κ2) is 16.0. The summed E-state index contributed by atoms with van der Waals surface area (Å²) in [6.45, 7) is 8.65. The summed E-state index contributed by atoms with van der Waals surface area (Å²) in [6.07, 6.45) is 2.48. The van der Waals surface area contributed by atoms with Crippen molar-refractivity contribution in [3.8, 4) is 0 Å². The molecule has 1 fully saturated rings. The van der Waals surface area contributed by atoms with Crippen LogP contribution < -0.4 is 15.8 Å². The standard InChI is InChI=1S/C31H48N6O6S2/c1-7-20(4)27(34-29(40)24-10-8-9-15-36(24)5)31(41)37(6)25(19(2)3)16-26(38)30-33-23(17-44-30)28(39)35-45(42,43)18-21-11-13-22(32)14-12-21/h11-14,17,19-20,24-27,38H,7-10,15-16,18,32H2,1-6H3,(H,34,40)(H,35,39)/t20-,24+,25+,26+,27-/m0/s1. The van der Waals surface area contributed by atoms with Gasteiger partial charge < -0.3 is 21.1 Å². The highest BCUT2D eigenvalue weighted by Gasteiger charge is 2.36. The summed E-state index contributed by atoms with van der Waals surface area (Å²) in [5.74, 6) is -1.84. The van der Waals surface area contributed by atoms with Gasteiger partial charge in [-0.15, -0.1) is 11.3 Å². The molecule has 1 aliphatic heterocycles. The van der Waals surface area contributed by atoms with Crippen molar-refractivity contribution in [2.75, 3.05) is 26.4 Å². The van der Waals surface area contributed by atoms with Gasteiger partial charge in [0.2, 0.25) is 21.8 Å². The highest BCUT2D eigenvalue weighted by atomic mass is 32.2. The van der Waals surface area contributed by atoms with Crippen molar-refractivity contribution in [1.29, 1.82) is 0 Å². The Morgan fingerprint density at radius 1 is 1.18 bits per heavy atom. The van der Waals surface area contributed by atoms with Gasteiger partial charge in [0.25, 0.3) is 5.91 Å². The van der Waals surface area contributed by atoms with Crippen molar-refractivity contribution in [3.63, 3.8) is 0 Å². The van der Waals surface area contributed by atoms with Crippen molar-refractivity contribution in [2.45, 2.75) is 89.8 Å². The maximum absolute atomic E-state index is 13.9. The summed E-state index contributed by atoms with van der Waals surface area (Å²) in [5.41, 5.74) is 6.48. The van der Waals surface area contributed by atoms with Gasteiger partial charge in [-0.25, -0.2) is 18.1 Å². The number of likely N-dealkylation sites (N-methyl/N-ethyl adjacent to an activating group) is 2. The van der Waals surface area contributed by atoms with Crippen LogP contribution in [0.15, 0.2) is 29.6 Å². The number of aliphatic hydroxyl groups excluding tert-OH is 1. The smallest absolute Gasteiger partial charge is 0.284 e. The molecule has 0 spiro atoms. The van der Waals surface area contributed by atoms with Crippen molar-refractivity contribution < 1.29 is 27.9 Å². The fourth-order valence-electron chi connectivity index (χ4n) is 5.54. The minimum Gasteiger partial charge on any atom is -0.399 e. The van der Waals surface area contributed by atoms with Crippen LogP contribution in [0.25, 0.3) is 0 Å². The zero-order valence-electron chi connectivity index (χ0n) is 27.0. The lowest BCUT2D eigenvalue weighted by Gasteiger charge is -2.38. The van der Waals surface area contributed by atoms with E-state index >= 15 is 0 Å². The van der Waals surface area contributed by atoms with Crippen LogP contribution in [0.2, 0.25) is 0 Å². The van der Waals surface area contributed by atoms with E-state index in [1.807, 2.05) is 44.4 Å². The zero-order chi connectivity index (χ0) is 33.5. The number of nitrogens with one attached hydrogen (secondary N) is 2. The van der Waals surface area contributed by atoms with E-state index in [1.165, 1.54) is 5.38 Å². The number of nitrogen functional groups attached to an aromatic ring is 1. The van der Waals surface area contributed by atoms with Crippen LogP contribution in [-0.4, -0.2) is 84.8 Å². The quantitative estimate of drug-likeness (QED) is 0.221. The van der Waals surface area contributed by atoms with E-state index in [2.05, 4.69) is 10.3 Å². The van der Waals surface area contributed by atoms with Gasteiger partial charge in [0.15, 0.2) is 0 Å². The predicted molar refractivity (Wildman–Crippen MR) is 176 cm³/mol. The number of carbonyl (C=O) groups excluding carboxylic acids is 3. The molecule has 5 atom stereocenters. The third-order valence-corrected chi connectivity index (χ3v) is 10.7. The maximum atomic E-state index is 13.9. The number of nitrogens with two attached hydrogens (primary N) is 1. The number of amides is 3. The number of aliphatic hydroxyl groups is 1. The molecule has 1 aromatic heterocycles. The fraction of sp³-hybridized carbons (Fsp3) is 0.613. The molecular weight excluding hydrogens is 617 g/mol. The van der Waals surface area contributed by atoms with E-state index < -0.39 is 39.9 Å². The number of anilines is 1. The molecule has 0 bridgehead atoms. The molecule has 14 heteroatoms. The number of nitrogens with zero attached hydrogens (tertiary/aromatic N) is 3. The Labute approximate surface area is 270 Å². The molecule has 2 heterocycles. The normalized spacial score (nSPS) is 18.5. The second-order valence-corrected chi connectivity index (χ2v) is 15.0. The summed E-state index contributed by atoms with van der Waals surface area (Å²) in [4.78, 5) is 47.7. The van der Waals surface area contributed by atoms with Crippen molar-refractivity contribution >= 4 is 44.8 Å². The van der Waals surface area contributed by atoms with E-state index in [9.17, 15) is 27.9 Å². The Hall–Kier alpha value is -3.07. The molecule has 2 aromatic rings. The maximum Gasteiger partial charge on any atom is 0.284 e. The average Bonchev–Trinajstić information content (AvgIpc) is 3.49. The highest BCUT2D eigenvalue weighted by molar-refractivity contribution is 7.89. The largest absolute Gasteiger partial charge is 0.399 e. The Morgan fingerprint density at radius 2 is 1.84 bits per heavy atom. The molecule has 0 aliphatic carbocycles. The number of likely N-dealkylation sites (tertiary alicyclic amines) is 1. The summed E-state index contributed by atoms with van der Waals surface area (Å²) >= 11 is 1.03. The first-order valence-corrected chi connectivity index (χ1v) is 18.0. The van der Waals surface area contributed by atoms with Gasteiger partial charge in [-0.05, 0) is 56.0 Å². The number of rotatable bonds is 14. The molecule has 0 unspecified atom stereocenters. The number of benzene rings is 1. The van der Waals surface area contributed by atoms with Crippen molar-refractivity contribution in [1.82, 2.24) is 24.8 Å². The Balaban J connectivity index is 1.68. The molecule has 3 amide bonds. The molecule has 0 radical (unpaired) electrons. The molecule has 3 rings (SSSR count). The molecular formula is C31H48N6O6S2. The SMILES string of the molecule is CC[C@H](C)[C@H](NC(=O)[C@H]1CCCCN1C)C(=O)N(C)[C@H](C[C@@H](O)c1nc(C(=O)NS(=O)(=O)Cc2ccc(N)cc2)cs1)C(C)C. The van der Waals surface area contributed by atoms with Crippen LogP contribution in [0.5, 0.6) is 0 Å². The zero-order valence-corrected chi connectivity index (χ0v) is 28.7. The molecule has 45 heavy (non-hydrogen) atoms. The first-order valence-electron chi connectivity index (χ1n) is 15.4. The number of hydrogen-bond acceptors (Lipinski definition) is 10. The van der Waals surface area contributed by atoms with E-state index in [0.29, 0.717) is 17.7 Å². The number of aromatic nitrogens is 1. The lowest BCUT2D eigenvalue weighted by molar-refractivity contribution is -0.141. The number of thiazole rings is 1. The molecule has 250 valence electrons. The molecule has 0 saturated carbocycles. The summed E-state index contributed by atoms with van der Waals surface area (Å²) < 4.78 is 27.2. The third kappa shape index (κ3) is 9.96. The van der Waals surface area contributed by atoms with E-state index in [4.69, 9.17) is 5.73 Å². The Kier molecular flexibility index (Phi) is 12.9. The van der Waals surface area contributed by atoms with E-state index in [0.717, 1.165) is 37.1 Å². The van der Waals surface area contributed by atoms with E-state index in [-0.39, 0.29) is 46.8 Å². The number of carbonyl (C=O) groups is 3. The molecule has 1 aromatic carbocycles. The van der Waals surface area contributed by atoms with Crippen LogP contribution >= 0.6 is 11.3 Å². The molecule has 1 aliphatic rings. The minimum absolute atomic E-state index is 0.0485. The third-order valence-electron chi connectivity index (χ3n) is 8.55. The fourth-order valence-corrected chi connectivity index (χ4v) is 7.42. The lowest BCUT2D eigenvalue weighted by atomic mass is 9.92. The van der Waals surface area contributed by atoms with Gasteiger partial charge in [0.1, 0.15) is 22.8 Å². The van der Waals surface area contributed by atoms with Gasteiger partial charge >= 0.3 is 0 Å². The topological polar surface area (TPSA) is 175 Å². The summed E-state index contributed by atoms with van der Waals surface area (Å²) in [5, 5.41) is 15.8. The van der Waals surface area contributed by atoms with Gasteiger partial charge in [-0.3, -0.25) is 19.3 Å². The van der Waals surface area contributed by atoms with Crippen LogP contribution in [0, 0.1) is 11.8 Å². The number of hydrogen-bond donors (Lipinski definition) is 4. The van der Waals surface area contributed by atoms with E-state index in [1.54, 1.807) is 36.2 Å². The van der Waals surface area contributed by atoms with Gasteiger partial charge in [-0.2, -0.15) is 0 Å². The first kappa shape index (κ1) is 36.4. The Bertz CT molecular complexity index is 1410. The van der Waals surface area contributed by atoms with Crippen molar-refractivity contribution in [2.24, 2.45) is 11.8 Å². The minimum atomic E-state index is -4.01. The molecule has 5 N–H and O–H groups in total. The summed E-state index contributed by atoms with van der Waals surface area (Å²) in [7, 11) is -0.397. The number of piperidine rings is 1. The lowest BCUT2D eigenvalue weighted by Crippen LogP contribution is -2.58. The van der Waals surface area contributed by atoms with Gasteiger partial charge in [0.05, 0.1) is 11.8 Å². The second-order valence-electron chi connectivity index (χ2n) is 12.4. The van der Waals surface area contributed by atoms with Crippen LogP contribution in [0.4, 0.5) is 5.69 Å². The Morgan fingerprint density at radius 3 is 2.44 bits per heavy atom. The predicted octanol–water partition coefficient (Wildman–Crippen LogP) is 2.91. The molecule has 12 nitrogen and oxygen atoms in total. The van der Waals surface area contributed by atoms with Gasteiger partial charge in [0, 0.05) is 30.6 Å². The number of sulfonamides is 1. The van der Waals surface area contributed by atoms with Crippen LogP contribution in [0.1, 0.15) is 87.0 Å². The first-order chi connectivity index (χ1) is 21.1. The summed E-state index contributed by atoms with van der Waals surface area (Å²) in [6, 6.07) is 4.89. The highest BCUT2D eigenvalue weighted by Crippen LogP contribution is 2.28. The van der Waals surface area contributed by atoms with Crippen molar-refractivity contribution in [3.05, 3.63) is 45.9 Å². The van der Waals surface area contributed by atoms with Crippen LogP contribution in [0.3, 0.4) is 0 Å².